The number of nitrogens with zero attached hydrogens (tertiary/aromatic N) is 1. The fourth-order valence-corrected chi connectivity index (χ4v) is 5.49. The van der Waals surface area contributed by atoms with E-state index in [1.165, 1.54) is 0 Å². The number of fused-ring (bicyclic) bond motifs is 4. The summed E-state index contributed by atoms with van der Waals surface area (Å²) in [7, 11) is -0.709. The standard InChI is InChI=1S/C25H27BN2O6/c1-14-24-20(16(11-29)10-27-14)13-32-26(34-24)23(8-15-12-31-21-5-3-2-4-18(15)21)28-25(30)19-9-17-6-7-22(19)33-17/h2-5,10,12,17,19,22-23,29H,6-9,11,13H2,1H3,(H,28,30)/t17?,19?,22?,23-/m0/s1. The molecule has 3 aromatic rings. The van der Waals surface area contributed by atoms with Gasteiger partial charge in [0.1, 0.15) is 11.3 Å². The van der Waals surface area contributed by atoms with Crippen LogP contribution in [0, 0.1) is 12.8 Å². The number of carbonyl (C=O) groups excluding carboxylic acids is 1. The predicted octanol–water partition coefficient (Wildman–Crippen LogP) is 2.86. The molecule has 34 heavy (non-hydrogen) atoms. The topological polar surface area (TPSA) is 103 Å². The average Bonchev–Trinajstić information content (AvgIpc) is 3.60. The first-order valence-electron chi connectivity index (χ1n) is 11.9. The van der Waals surface area contributed by atoms with Crippen LogP contribution in [0.15, 0.2) is 41.1 Å². The number of aromatic nitrogens is 1. The highest BCUT2D eigenvalue weighted by Crippen LogP contribution is 2.39. The van der Waals surface area contributed by atoms with E-state index in [4.69, 9.17) is 18.5 Å². The van der Waals surface area contributed by atoms with Crippen LogP contribution in [0.4, 0.5) is 0 Å². The first kappa shape index (κ1) is 21.6. The number of rotatable bonds is 6. The molecule has 3 aliphatic heterocycles. The van der Waals surface area contributed by atoms with Crippen molar-refractivity contribution in [1.82, 2.24) is 10.3 Å². The SMILES string of the molecule is Cc1ncc(CO)c2c1OB([C@H](Cc1coc3ccccc13)NC(=O)C1CC3CCC1O3)OC2. The van der Waals surface area contributed by atoms with Crippen molar-refractivity contribution in [3.8, 4) is 5.75 Å². The summed E-state index contributed by atoms with van der Waals surface area (Å²) in [6, 6.07) is 7.84. The Kier molecular flexibility index (Phi) is 5.55. The zero-order valence-electron chi connectivity index (χ0n) is 19.0. The second-order valence-electron chi connectivity index (χ2n) is 9.42. The Labute approximate surface area is 197 Å². The average molecular weight is 462 g/mol. The molecule has 1 amide bonds. The maximum atomic E-state index is 13.3. The van der Waals surface area contributed by atoms with Crippen molar-refractivity contribution in [2.24, 2.45) is 5.92 Å². The van der Waals surface area contributed by atoms with Crippen LogP contribution in [0.5, 0.6) is 5.75 Å². The minimum Gasteiger partial charge on any atom is -0.533 e. The number of nitrogens with one attached hydrogen (secondary N) is 1. The van der Waals surface area contributed by atoms with Gasteiger partial charge >= 0.3 is 7.12 Å². The Bertz CT molecular complexity index is 1230. The lowest BCUT2D eigenvalue weighted by molar-refractivity contribution is -0.127. The van der Waals surface area contributed by atoms with Crippen LogP contribution >= 0.6 is 0 Å². The number of aliphatic hydroxyl groups excluding tert-OH is 1. The molecule has 9 heteroatoms. The fourth-order valence-electron chi connectivity index (χ4n) is 5.49. The number of aliphatic hydroxyl groups is 1. The van der Waals surface area contributed by atoms with Gasteiger partial charge in [-0.15, -0.1) is 0 Å². The molecule has 0 aliphatic carbocycles. The highest BCUT2D eigenvalue weighted by atomic mass is 16.6. The minimum atomic E-state index is -0.709. The Balaban J connectivity index is 1.29. The molecule has 1 aromatic carbocycles. The van der Waals surface area contributed by atoms with Crippen LogP contribution in [0.1, 0.15) is 41.6 Å². The van der Waals surface area contributed by atoms with Crippen LogP contribution in [-0.2, 0) is 33.8 Å². The molecule has 4 atom stereocenters. The largest absolute Gasteiger partial charge is 0.550 e. The smallest absolute Gasteiger partial charge is 0.533 e. The number of furan rings is 1. The number of hydrogen-bond acceptors (Lipinski definition) is 7. The molecule has 2 aromatic heterocycles. The van der Waals surface area contributed by atoms with Gasteiger partial charge in [-0.25, -0.2) is 0 Å². The van der Waals surface area contributed by atoms with E-state index < -0.39 is 13.1 Å². The second-order valence-corrected chi connectivity index (χ2v) is 9.42. The summed E-state index contributed by atoms with van der Waals surface area (Å²) < 4.78 is 24.0. The van der Waals surface area contributed by atoms with Gasteiger partial charge in [0.15, 0.2) is 0 Å². The Morgan fingerprint density at radius 2 is 2.18 bits per heavy atom. The number of carbonyl (C=O) groups is 1. The number of hydrogen-bond donors (Lipinski definition) is 2. The van der Waals surface area contributed by atoms with E-state index in [1.807, 2.05) is 31.2 Å². The van der Waals surface area contributed by atoms with E-state index in [9.17, 15) is 9.90 Å². The van der Waals surface area contributed by atoms with E-state index >= 15 is 0 Å². The number of aryl methyl sites for hydroxylation is 1. The molecule has 2 N–H and O–H groups in total. The van der Waals surface area contributed by atoms with Crippen molar-refractivity contribution >= 4 is 24.0 Å². The minimum absolute atomic E-state index is 0.00659. The molecule has 0 radical (unpaired) electrons. The maximum absolute atomic E-state index is 13.3. The molecule has 2 fully saturated rings. The van der Waals surface area contributed by atoms with Gasteiger partial charge in [-0.1, -0.05) is 18.2 Å². The monoisotopic (exact) mass is 462 g/mol. The van der Waals surface area contributed by atoms with Crippen LogP contribution in [-0.4, -0.2) is 41.3 Å². The number of pyridine rings is 1. The van der Waals surface area contributed by atoms with Gasteiger partial charge in [-0.2, -0.15) is 0 Å². The summed E-state index contributed by atoms with van der Waals surface area (Å²) in [4.78, 5) is 17.7. The van der Waals surface area contributed by atoms with Crippen LogP contribution in [0.25, 0.3) is 11.0 Å². The van der Waals surface area contributed by atoms with Gasteiger partial charge in [0.05, 0.1) is 49.2 Å². The molecule has 176 valence electrons. The maximum Gasteiger partial charge on any atom is 0.550 e. The van der Waals surface area contributed by atoms with Crippen LogP contribution in [0.3, 0.4) is 0 Å². The quantitative estimate of drug-likeness (QED) is 0.543. The Morgan fingerprint density at radius 3 is 2.97 bits per heavy atom. The molecule has 6 rings (SSSR count). The van der Waals surface area contributed by atoms with E-state index in [1.54, 1.807) is 12.5 Å². The zero-order valence-corrected chi connectivity index (χ0v) is 19.0. The van der Waals surface area contributed by atoms with Crippen molar-refractivity contribution < 1.29 is 28.4 Å². The van der Waals surface area contributed by atoms with E-state index in [2.05, 4.69) is 10.3 Å². The molecule has 0 spiro atoms. The van der Waals surface area contributed by atoms with Gasteiger partial charge in [0.25, 0.3) is 0 Å². The Morgan fingerprint density at radius 1 is 1.29 bits per heavy atom. The molecule has 2 saturated heterocycles. The molecule has 5 heterocycles. The third-order valence-corrected chi connectivity index (χ3v) is 7.30. The Hall–Kier alpha value is -2.88. The first-order valence-corrected chi connectivity index (χ1v) is 11.9. The van der Waals surface area contributed by atoms with E-state index in [-0.39, 0.29) is 37.2 Å². The normalized spacial score (nSPS) is 24.2. The van der Waals surface area contributed by atoms with Gasteiger partial charge in [-0.05, 0) is 44.2 Å². The van der Waals surface area contributed by atoms with Crippen molar-refractivity contribution in [2.75, 3.05) is 0 Å². The lowest BCUT2D eigenvalue weighted by Crippen LogP contribution is -2.55. The van der Waals surface area contributed by atoms with Crippen LogP contribution < -0.4 is 9.97 Å². The van der Waals surface area contributed by atoms with Gasteiger partial charge in [0, 0.05) is 22.7 Å². The van der Waals surface area contributed by atoms with Gasteiger partial charge < -0.3 is 28.9 Å². The lowest BCUT2D eigenvalue weighted by atomic mass is 9.73. The fraction of sp³-hybridized carbons (Fsp3) is 0.440. The van der Waals surface area contributed by atoms with Crippen molar-refractivity contribution in [3.05, 3.63) is 59.1 Å². The summed E-state index contributed by atoms with van der Waals surface area (Å²) in [6.07, 6.45) is 6.77. The lowest BCUT2D eigenvalue weighted by Gasteiger charge is -2.32. The summed E-state index contributed by atoms with van der Waals surface area (Å²) in [5.74, 6) is -0.00936. The zero-order chi connectivity index (χ0) is 23.2. The highest BCUT2D eigenvalue weighted by molar-refractivity contribution is 6.48. The van der Waals surface area contributed by atoms with E-state index in [0.29, 0.717) is 17.7 Å². The molecule has 8 nitrogen and oxygen atoms in total. The third-order valence-electron chi connectivity index (χ3n) is 7.30. The third kappa shape index (κ3) is 3.77. The van der Waals surface area contributed by atoms with E-state index in [0.717, 1.165) is 47.1 Å². The molecular weight excluding hydrogens is 435 g/mol. The molecule has 0 saturated carbocycles. The molecule has 3 aliphatic rings. The summed E-state index contributed by atoms with van der Waals surface area (Å²) >= 11 is 0. The number of ether oxygens (including phenoxy) is 1. The van der Waals surface area contributed by atoms with Crippen molar-refractivity contribution in [3.63, 3.8) is 0 Å². The van der Waals surface area contributed by atoms with Gasteiger partial charge in [-0.3, -0.25) is 9.78 Å². The second kappa shape index (κ2) is 8.72. The molecule has 2 bridgehead atoms. The van der Waals surface area contributed by atoms with Crippen LogP contribution in [0.2, 0.25) is 0 Å². The van der Waals surface area contributed by atoms with Crippen molar-refractivity contribution in [2.45, 2.75) is 64.0 Å². The summed E-state index contributed by atoms with van der Waals surface area (Å²) in [5.41, 5.74) is 3.97. The van der Waals surface area contributed by atoms with Gasteiger partial charge in [0.2, 0.25) is 5.91 Å². The highest BCUT2D eigenvalue weighted by Gasteiger charge is 2.46. The molecule has 3 unspecified atom stereocenters. The summed E-state index contributed by atoms with van der Waals surface area (Å²) in [5, 5.41) is 13.9. The predicted molar refractivity (Wildman–Crippen MR) is 124 cm³/mol. The number of amides is 1. The summed E-state index contributed by atoms with van der Waals surface area (Å²) in [6.45, 7) is 2.00. The number of para-hydroxylation sites is 1. The first-order chi connectivity index (χ1) is 16.6. The molecular formula is C25H27BN2O6. The van der Waals surface area contributed by atoms with Crippen molar-refractivity contribution in [1.29, 1.82) is 0 Å². The number of benzene rings is 1.